The molecule has 3 heteroatoms. The fourth-order valence-electron chi connectivity index (χ4n) is 2.19. The Labute approximate surface area is 95.7 Å². The normalized spacial score (nSPS) is 23.8. The molecule has 1 aliphatic heterocycles. The molecule has 1 heterocycles. The molecular formula is C13H18O3. The monoisotopic (exact) mass is 222 g/mol. The van der Waals surface area contributed by atoms with Crippen LogP contribution in [0.15, 0.2) is 6.07 Å². The van der Waals surface area contributed by atoms with E-state index in [1.165, 1.54) is 0 Å². The van der Waals surface area contributed by atoms with Crippen molar-refractivity contribution < 1.29 is 14.9 Å². The van der Waals surface area contributed by atoms with Crippen molar-refractivity contribution in [3.8, 4) is 11.5 Å². The molecule has 88 valence electrons. The zero-order valence-electron chi connectivity index (χ0n) is 10.0. The van der Waals surface area contributed by atoms with Crippen LogP contribution >= 0.6 is 0 Å². The summed E-state index contributed by atoms with van der Waals surface area (Å²) in [4.78, 5) is 0. The average Bonchev–Trinajstić information content (AvgIpc) is 2.26. The molecule has 1 unspecified atom stereocenters. The Morgan fingerprint density at radius 3 is 2.75 bits per heavy atom. The van der Waals surface area contributed by atoms with E-state index in [9.17, 15) is 10.2 Å². The van der Waals surface area contributed by atoms with E-state index in [0.717, 1.165) is 35.3 Å². The number of aromatic hydroxyl groups is 1. The summed E-state index contributed by atoms with van der Waals surface area (Å²) in [7, 11) is 0. The highest BCUT2D eigenvalue weighted by atomic mass is 16.5. The minimum atomic E-state index is -0.483. The Hall–Kier alpha value is -1.22. The first kappa shape index (κ1) is 11.3. The minimum absolute atomic E-state index is 0.0193. The van der Waals surface area contributed by atoms with Crippen molar-refractivity contribution in [1.82, 2.24) is 0 Å². The number of aryl methyl sites for hydroxylation is 1. The maximum absolute atomic E-state index is 9.84. The summed E-state index contributed by atoms with van der Waals surface area (Å²) in [5, 5.41) is 19.1. The summed E-state index contributed by atoms with van der Waals surface area (Å²) in [6, 6.07) is 1.85. The molecule has 1 aliphatic rings. The number of aliphatic hydroxyl groups is 1. The second-order valence-electron chi connectivity index (χ2n) is 4.85. The van der Waals surface area contributed by atoms with Crippen molar-refractivity contribution in [2.45, 2.75) is 39.2 Å². The van der Waals surface area contributed by atoms with Crippen LogP contribution < -0.4 is 4.74 Å². The van der Waals surface area contributed by atoms with E-state index in [-0.39, 0.29) is 6.61 Å². The molecule has 2 rings (SSSR count). The first-order valence-corrected chi connectivity index (χ1v) is 5.59. The Balaban J connectivity index is 2.48. The second-order valence-corrected chi connectivity index (χ2v) is 4.85. The van der Waals surface area contributed by atoms with Crippen LogP contribution in [0.5, 0.6) is 11.5 Å². The lowest BCUT2D eigenvalue weighted by atomic mass is 9.90. The number of aliphatic hydroxyl groups excluding tert-OH is 1. The smallest absolute Gasteiger partial charge is 0.129 e. The topological polar surface area (TPSA) is 49.7 Å². The number of hydrogen-bond acceptors (Lipinski definition) is 3. The van der Waals surface area contributed by atoms with Gasteiger partial charge in [0.15, 0.2) is 0 Å². The standard InChI is InChI=1S/C13H18O3/c1-8-6-11-10(9(2)12(8)15)4-5-13(3,7-14)16-11/h6,14-15H,4-5,7H2,1-3H3. The molecule has 16 heavy (non-hydrogen) atoms. The molecule has 1 aromatic rings. The van der Waals surface area contributed by atoms with Crippen molar-refractivity contribution >= 4 is 0 Å². The first-order valence-electron chi connectivity index (χ1n) is 5.59. The lowest BCUT2D eigenvalue weighted by Gasteiger charge is -2.35. The van der Waals surface area contributed by atoms with Crippen LogP contribution in [0, 0.1) is 13.8 Å². The van der Waals surface area contributed by atoms with Gasteiger partial charge in [0.05, 0.1) is 6.61 Å². The molecule has 0 spiro atoms. The zero-order valence-corrected chi connectivity index (χ0v) is 10.0. The van der Waals surface area contributed by atoms with E-state index >= 15 is 0 Å². The maximum atomic E-state index is 9.84. The SMILES string of the molecule is Cc1cc2c(c(C)c1O)CCC(C)(CO)O2. The van der Waals surface area contributed by atoms with E-state index in [0.29, 0.717) is 5.75 Å². The minimum Gasteiger partial charge on any atom is -0.507 e. The summed E-state index contributed by atoms with van der Waals surface area (Å²) >= 11 is 0. The molecule has 1 aromatic carbocycles. The van der Waals surface area contributed by atoms with Gasteiger partial charge in [0.2, 0.25) is 0 Å². The van der Waals surface area contributed by atoms with Crippen LogP contribution in [-0.2, 0) is 6.42 Å². The van der Waals surface area contributed by atoms with Gasteiger partial charge in [-0.2, -0.15) is 0 Å². The summed E-state index contributed by atoms with van der Waals surface area (Å²) < 4.78 is 5.82. The summed E-state index contributed by atoms with van der Waals surface area (Å²) in [5.74, 6) is 1.16. The number of benzene rings is 1. The largest absolute Gasteiger partial charge is 0.507 e. The van der Waals surface area contributed by atoms with E-state index < -0.39 is 5.60 Å². The van der Waals surface area contributed by atoms with Crippen LogP contribution in [0.3, 0.4) is 0 Å². The molecule has 2 N–H and O–H groups in total. The van der Waals surface area contributed by atoms with Crippen LogP contribution in [0.2, 0.25) is 0 Å². The van der Waals surface area contributed by atoms with E-state index in [2.05, 4.69) is 0 Å². The summed E-state index contributed by atoms with van der Waals surface area (Å²) in [6.45, 7) is 5.70. The van der Waals surface area contributed by atoms with Crippen molar-refractivity contribution in [2.24, 2.45) is 0 Å². The fraction of sp³-hybridized carbons (Fsp3) is 0.538. The Morgan fingerprint density at radius 1 is 1.44 bits per heavy atom. The highest BCUT2D eigenvalue weighted by molar-refractivity contribution is 5.53. The van der Waals surface area contributed by atoms with Gasteiger partial charge < -0.3 is 14.9 Å². The van der Waals surface area contributed by atoms with E-state index in [4.69, 9.17) is 4.74 Å². The number of rotatable bonds is 1. The lowest BCUT2D eigenvalue weighted by molar-refractivity contribution is 0.00780. The third-order valence-corrected chi connectivity index (χ3v) is 3.42. The van der Waals surface area contributed by atoms with Gasteiger partial charge in [0.25, 0.3) is 0 Å². The van der Waals surface area contributed by atoms with Gasteiger partial charge in [-0.05, 0) is 50.8 Å². The maximum Gasteiger partial charge on any atom is 0.129 e. The number of phenols is 1. The number of hydrogen-bond donors (Lipinski definition) is 2. The number of phenolic OH excluding ortho intramolecular Hbond substituents is 1. The molecule has 0 bridgehead atoms. The molecule has 0 radical (unpaired) electrons. The molecule has 0 fully saturated rings. The molecule has 0 saturated heterocycles. The van der Waals surface area contributed by atoms with Crippen molar-refractivity contribution in [3.63, 3.8) is 0 Å². The summed E-state index contributed by atoms with van der Waals surface area (Å²) in [5.41, 5.74) is 2.30. The Kier molecular flexibility index (Phi) is 2.58. The lowest BCUT2D eigenvalue weighted by Crippen LogP contribution is -2.40. The van der Waals surface area contributed by atoms with Gasteiger partial charge in [-0.3, -0.25) is 0 Å². The zero-order chi connectivity index (χ0) is 11.9. The summed E-state index contributed by atoms with van der Waals surface area (Å²) in [6.07, 6.45) is 1.62. The van der Waals surface area contributed by atoms with Gasteiger partial charge in [-0.25, -0.2) is 0 Å². The average molecular weight is 222 g/mol. The Bertz CT molecular complexity index is 426. The molecule has 3 nitrogen and oxygen atoms in total. The molecule has 1 atom stereocenters. The third-order valence-electron chi connectivity index (χ3n) is 3.42. The van der Waals surface area contributed by atoms with E-state index in [1.54, 1.807) is 0 Å². The van der Waals surface area contributed by atoms with E-state index in [1.807, 2.05) is 26.8 Å². The Morgan fingerprint density at radius 2 is 2.12 bits per heavy atom. The number of ether oxygens (including phenoxy) is 1. The predicted octanol–water partition coefficient (Wildman–Crippen LogP) is 2.09. The van der Waals surface area contributed by atoms with Crippen molar-refractivity contribution in [2.75, 3.05) is 6.61 Å². The molecular weight excluding hydrogens is 204 g/mol. The van der Waals surface area contributed by atoms with Crippen molar-refractivity contribution in [3.05, 3.63) is 22.8 Å². The van der Waals surface area contributed by atoms with Crippen LogP contribution in [0.1, 0.15) is 30.0 Å². The van der Waals surface area contributed by atoms with Gasteiger partial charge >= 0.3 is 0 Å². The number of fused-ring (bicyclic) bond motifs is 1. The van der Waals surface area contributed by atoms with Crippen LogP contribution in [0.4, 0.5) is 0 Å². The van der Waals surface area contributed by atoms with Gasteiger partial charge in [0, 0.05) is 5.56 Å². The predicted molar refractivity (Wildman–Crippen MR) is 62.0 cm³/mol. The first-order chi connectivity index (χ1) is 7.47. The third kappa shape index (κ3) is 1.65. The molecule has 0 aromatic heterocycles. The molecule has 0 saturated carbocycles. The van der Waals surface area contributed by atoms with Gasteiger partial charge in [-0.1, -0.05) is 0 Å². The van der Waals surface area contributed by atoms with Gasteiger partial charge in [0.1, 0.15) is 17.1 Å². The van der Waals surface area contributed by atoms with Crippen molar-refractivity contribution in [1.29, 1.82) is 0 Å². The highest BCUT2D eigenvalue weighted by Crippen LogP contribution is 2.39. The van der Waals surface area contributed by atoms with Crippen LogP contribution in [0.25, 0.3) is 0 Å². The fourth-order valence-corrected chi connectivity index (χ4v) is 2.19. The molecule has 0 amide bonds. The quantitative estimate of drug-likeness (QED) is 0.765. The van der Waals surface area contributed by atoms with Gasteiger partial charge in [-0.15, -0.1) is 0 Å². The molecule has 0 aliphatic carbocycles. The second kappa shape index (κ2) is 3.67. The van der Waals surface area contributed by atoms with Crippen LogP contribution in [-0.4, -0.2) is 22.4 Å². The highest BCUT2D eigenvalue weighted by Gasteiger charge is 2.32.